The Morgan fingerprint density at radius 1 is 0.417 bits per heavy atom. The molecule has 0 saturated carbocycles. The van der Waals surface area contributed by atoms with E-state index < -0.39 is 0 Å². The van der Waals surface area contributed by atoms with Crippen molar-refractivity contribution in [2.45, 2.75) is 81.1 Å². The largest absolute Gasteiger partial charge is 0.0683 e. The molecule has 0 heterocycles. The fourth-order valence-electron chi connectivity index (χ4n) is 1.68. The van der Waals surface area contributed by atoms with Gasteiger partial charge in [0.05, 0.1) is 0 Å². The van der Waals surface area contributed by atoms with E-state index in [0.717, 1.165) is 0 Å². The molecule has 0 fully saturated rings. The molecule has 0 aliphatic carbocycles. The normalized spacial score (nSPS) is 8.33. The molecule has 0 N–H and O–H groups in total. The van der Waals surface area contributed by atoms with Crippen LogP contribution in [0.1, 0.15) is 92.2 Å². The summed E-state index contributed by atoms with van der Waals surface area (Å²) in [5, 5.41) is 0. The highest BCUT2D eigenvalue weighted by Crippen LogP contribution is 2.12. The van der Waals surface area contributed by atoms with Crippen molar-refractivity contribution in [1.82, 2.24) is 0 Å². The molecule has 0 amide bonds. The van der Waals surface area contributed by atoms with Crippen LogP contribution in [0.5, 0.6) is 0 Å². The van der Waals surface area contributed by atoms with E-state index in [-0.39, 0.29) is 0 Å². The first-order chi connectivity index (χ1) is 11.6. The van der Waals surface area contributed by atoms with Crippen molar-refractivity contribution >= 4 is 0 Å². The monoisotopic (exact) mass is 330 g/mol. The Balaban J connectivity index is -0.000000281. The molecule has 0 aliphatic rings. The van der Waals surface area contributed by atoms with Crippen LogP contribution >= 0.6 is 0 Å². The Hall–Kier alpha value is -1.56. The van der Waals surface area contributed by atoms with E-state index in [2.05, 4.69) is 76.2 Å². The minimum atomic E-state index is 0.659. The van der Waals surface area contributed by atoms with Crippen LogP contribution in [0.15, 0.2) is 60.7 Å². The third-order valence-electron chi connectivity index (χ3n) is 2.93. The topological polar surface area (TPSA) is 0 Å². The standard InChI is InChI=1S/2C9H12.3C2H6/c2*1-8(2)9-6-4-3-5-7-9;3*1-2/h2*3-8H,1-2H3;3*1-2H3. The molecule has 24 heavy (non-hydrogen) atoms. The minimum Gasteiger partial charge on any atom is -0.0683 e. The van der Waals surface area contributed by atoms with Crippen molar-refractivity contribution in [1.29, 1.82) is 0 Å². The highest BCUT2D eigenvalue weighted by molar-refractivity contribution is 5.18. The molecule has 0 aliphatic heterocycles. The third kappa shape index (κ3) is 15.3. The molecular weight excluding hydrogens is 288 g/mol. The first-order valence-electron chi connectivity index (χ1n) is 9.71. The molecule has 2 aromatic carbocycles. The van der Waals surface area contributed by atoms with Gasteiger partial charge >= 0.3 is 0 Å². The average Bonchev–Trinajstić information content (AvgIpc) is 2.68. The lowest BCUT2D eigenvalue weighted by Gasteiger charge is -2.01. The summed E-state index contributed by atoms with van der Waals surface area (Å²) in [4.78, 5) is 0. The lowest BCUT2D eigenvalue weighted by Crippen LogP contribution is -1.83. The molecule has 0 radical (unpaired) electrons. The molecule has 0 heteroatoms. The summed E-state index contributed by atoms with van der Waals surface area (Å²) in [6, 6.07) is 21.0. The van der Waals surface area contributed by atoms with Crippen LogP contribution < -0.4 is 0 Å². The Morgan fingerprint density at radius 2 is 0.625 bits per heavy atom. The molecule has 2 aromatic rings. The van der Waals surface area contributed by atoms with Crippen LogP contribution in [0.3, 0.4) is 0 Å². The van der Waals surface area contributed by atoms with Gasteiger partial charge in [0.1, 0.15) is 0 Å². The van der Waals surface area contributed by atoms with Crippen molar-refractivity contribution in [2.75, 3.05) is 0 Å². The summed E-state index contributed by atoms with van der Waals surface area (Å²) in [7, 11) is 0. The van der Waals surface area contributed by atoms with E-state index in [1.165, 1.54) is 11.1 Å². The van der Waals surface area contributed by atoms with Gasteiger partial charge in [-0.3, -0.25) is 0 Å². The van der Waals surface area contributed by atoms with E-state index in [1.807, 2.05) is 53.7 Å². The van der Waals surface area contributed by atoms with Gasteiger partial charge in [-0.05, 0) is 23.0 Å². The SMILES string of the molecule is CC.CC.CC.CC(C)c1ccccc1.CC(C)c1ccccc1. The summed E-state index contributed by atoms with van der Waals surface area (Å²) in [5.41, 5.74) is 2.83. The smallest absolute Gasteiger partial charge is 0.0219 e. The van der Waals surface area contributed by atoms with Gasteiger partial charge in [-0.25, -0.2) is 0 Å². The minimum absolute atomic E-state index is 0.659. The molecule has 0 bridgehead atoms. The van der Waals surface area contributed by atoms with Gasteiger partial charge < -0.3 is 0 Å². The van der Waals surface area contributed by atoms with Crippen LogP contribution in [-0.2, 0) is 0 Å². The van der Waals surface area contributed by atoms with Gasteiger partial charge in [0.25, 0.3) is 0 Å². The number of benzene rings is 2. The predicted molar refractivity (Wildman–Crippen MR) is 115 cm³/mol. The molecule has 2 rings (SSSR count). The summed E-state index contributed by atoms with van der Waals surface area (Å²) in [6.45, 7) is 20.8. The molecule has 0 aromatic heterocycles. The summed E-state index contributed by atoms with van der Waals surface area (Å²) in [5.74, 6) is 1.32. The van der Waals surface area contributed by atoms with Gasteiger partial charge in [-0.15, -0.1) is 0 Å². The lowest BCUT2D eigenvalue weighted by molar-refractivity contribution is 0.867. The Labute approximate surface area is 153 Å². The second-order valence-electron chi connectivity index (χ2n) is 5.13. The summed E-state index contributed by atoms with van der Waals surface area (Å²) < 4.78 is 0. The zero-order chi connectivity index (χ0) is 19.4. The fourth-order valence-corrected chi connectivity index (χ4v) is 1.68. The van der Waals surface area contributed by atoms with Crippen LogP contribution in [0.25, 0.3) is 0 Å². The number of hydrogen-bond acceptors (Lipinski definition) is 0. The lowest BCUT2D eigenvalue weighted by atomic mass is 10.0. The Kier molecular flexibility index (Phi) is 24.4. The van der Waals surface area contributed by atoms with E-state index in [9.17, 15) is 0 Å². The first-order valence-corrected chi connectivity index (χ1v) is 9.71. The van der Waals surface area contributed by atoms with Crippen molar-refractivity contribution < 1.29 is 0 Å². The van der Waals surface area contributed by atoms with E-state index in [1.54, 1.807) is 0 Å². The molecule has 0 unspecified atom stereocenters. The Morgan fingerprint density at radius 3 is 0.750 bits per heavy atom. The van der Waals surface area contributed by atoms with Gasteiger partial charge in [-0.2, -0.15) is 0 Å². The van der Waals surface area contributed by atoms with Gasteiger partial charge in [-0.1, -0.05) is 130 Å². The van der Waals surface area contributed by atoms with Gasteiger partial charge in [0.15, 0.2) is 0 Å². The van der Waals surface area contributed by atoms with Crippen molar-refractivity contribution in [3.05, 3.63) is 71.8 Å². The van der Waals surface area contributed by atoms with Crippen molar-refractivity contribution in [3.63, 3.8) is 0 Å². The molecule has 138 valence electrons. The van der Waals surface area contributed by atoms with E-state index >= 15 is 0 Å². The second kappa shape index (κ2) is 21.4. The predicted octanol–water partition coefficient (Wildman–Crippen LogP) is 8.70. The van der Waals surface area contributed by atoms with Crippen molar-refractivity contribution in [2.24, 2.45) is 0 Å². The summed E-state index contributed by atoms with van der Waals surface area (Å²) in [6.07, 6.45) is 0. The zero-order valence-corrected chi connectivity index (χ0v) is 17.9. The third-order valence-corrected chi connectivity index (χ3v) is 2.93. The van der Waals surface area contributed by atoms with Crippen LogP contribution in [0, 0.1) is 0 Å². The Bertz CT molecular complexity index is 369. The number of hydrogen-bond donors (Lipinski definition) is 0. The van der Waals surface area contributed by atoms with Crippen LogP contribution in [0.2, 0.25) is 0 Å². The fraction of sp³-hybridized carbons (Fsp3) is 0.500. The molecule has 0 atom stereocenters. The number of rotatable bonds is 2. The molecule has 0 spiro atoms. The average molecular weight is 331 g/mol. The molecule has 0 saturated heterocycles. The van der Waals surface area contributed by atoms with Gasteiger partial charge in [0.2, 0.25) is 0 Å². The maximum atomic E-state index is 2.20. The molecular formula is C24H42. The van der Waals surface area contributed by atoms with Gasteiger partial charge in [0, 0.05) is 0 Å². The van der Waals surface area contributed by atoms with Crippen LogP contribution in [-0.4, -0.2) is 0 Å². The molecule has 0 nitrogen and oxygen atoms in total. The zero-order valence-electron chi connectivity index (χ0n) is 17.9. The van der Waals surface area contributed by atoms with Crippen molar-refractivity contribution in [3.8, 4) is 0 Å². The quantitative estimate of drug-likeness (QED) is 0.516. The second-order valence-corrected chi connectivity index (χ2v) is 5.13. The highest BCUT2D eigenvalue weighted by Gasteiger charge is 1.94. The first kappa shape index (κ1) is 27.3. The van der Waals surface area contributed by atoms with E-state index in [0.29, 0.717) is 11.8 Å². The summed E-state index contributed by atoms with van der Waals surface area (Å²) >= 11 is 0. The maximum Gasteiger partial charge on any atom is -0.0219 e. The van der Waals surface area contributed by atoms with Crippen LogP contribution in [0.4, 0.5) is 0 Å². The van der Waals surface area contributed by atoms with E-state index in [4.69, 9.17) is 0 Å². The highest BCUT2D eigenvalue weighted by atomic mass is 14.0. The maximum absolute atomic E-state index is 2.20.